The summed E-state index contributed by atoms with van der Waals surface area (Å²) in [4.78, 5) is 0. The van der Waals surface area contributed by atoms with E-state index in [9.17, 15) is 5.11 Å². The minimum atomic E-state index is -0.305. The third-order valence-corrected chi connectivity index (χ3v) is 1.98. The molecule has 1 rings (SSSR count). The third kappa shape index (κ3) is 2.12. The van der Waals surface area contributed by atoms with E-state index in [0.717, 1.165) is 0 Å². The van der Waals surface area contributed by atoms with E-state index in [-0.39, 0.29) is 11.8 Å². The molecule has 1 atom stereocenters. The van der Waals surface area contributed by atoms with Crippen molar-refractivity contribution in [3.63, 3.8) is 0 Å². The predicted molar refractivity (Wildman–Crippen MR) is 54.6 cm³/mol. The summed E-state index contributed by atoms with van der Waals surface area (Å²) >= 11 is 0. The van der Waals surface area contributed by atoms with Crippen LogP contribution in [0.4, 0.5) is 0 Å². The number of nitriles is 1. The molecule has 3 nitrogen and oxygen atoms in total. The largest absolute Gasteiger partial charge is 0.508 e. The molecule has 0 aliphatic heterocycles. The van der Waals surface area contributed by atoms with E-state index in [4.69, 9.17) is 11.0 Å². The molecule has 0 unspecified atom stereocenters. The first-order valence-corrected chi connectivity index (χ1v) is 4.28. The number of nitrogens with zero attached hydrogens (tertiary/aromatic N) is 1. The molecule has 1 aromatic rings. The molecule has 0 spiro atoms. The monoisotopic (exact) mass is 188 g/mol. The normalized spacial score (nSPS) is 11.7. The average Bonchev–Trinajstić information content (AvgIpc) is 2.19. The fourth-order valence-corrected chi connectivity index (χ4v) is 1.23. The molecule has 1 aromatic carbocycles. The molecular formula is C11H12N2O. The van der Waals surface area contributed by atoms with Gasteiger partial charge < -0.3 is 10.8 Å². The number of hydrogen-bond donors (Lipinski definition) is 2. The van der Waals surface area contributed by atoms with Gasteiger partial charge in [0.2, 0.25) is 0 Å². The highest BCUT2D eigenvalue weighted by atomic mass is 16.3. The van der Waals surface area contributed by atoms with E-state index < -0.39 is 0 Å². The van der Waals surface area contributed by atoms with Crippen molar-refractivity contribution in [2.75, 3.05) is 0 Å². The SMILES string of the molecule is C=CC[C@@H](N)c1cc(C#N)ccc1O. The van der Waals surface area contributed by atoms with Crippen molar-refractivity contribution in [3.8, 4) is 11.8 Å². The predicted octanol–water partition coefficient (Wildman–Crippen LogP) is 1.84. The number of nitrogens with two attached hydrogens (primary N) is 1. The molecular weight excluding hydrogens is 176 g/mol. The molecule has 3 heteroatoms. The van der Waals surface area contributed by atoms with E-state index in [1.807, 2.05) is 6.07 Å². The lowest BCUT2D eigenvalue weighted by Gasteiger charge is -2.11. The molecule has 0 bridgehead atoms. The van der Waals surface area contributed by atoms with Gasteiger partial charge in [0, 0.05) is 11.6 Å². The summed E-state index contributed by atoms with van der Waals surface area (Å²) in [7, 11) is 0. The van der Waals surface area contributed by atoms with Crippen molar-refractivity contribution < 1.29 is 5.11 Å². The Morgan fingerprint density at radius 1 is 1.64 bits per heavy atom. The first kappa shape index (κ1) is 10.3. The van der Waals surface area contributed by atoms with E-state index in [1.54, 1.807) is 18.2 Å². The average molecular weight is 188 g/mol. The van der Waals surface area contributed by atoms with Gasteiger partial charge in [-0.2, -0.15) is 5.26 Å². The molecule has 0 amide bonds. The Morgan fingerprint density at radius 2 is 2.36 bits per heavy atom. The smallest absolute Gasteiger partial charge is 0.120 e. The van der Waals surface area contributed by atoms with Crippen LogP contribution in [0, 0.1) is 11.3 Å². The van der Waals surface area contributed by atoms with E-state index in [0.29, 0.717) is 17.5 Å². The van der Waals surface area contributed by atoms with Gasteiger partial charge in [-0.1, -0.05) is 6.08 Å². The number of aromatic hydroxyl groups is 1. The van der Waals surface area contributed by atoms with Gasteiger partial charge in [-0.15, -0.1) is 6.58 Å². The summed E-state index contributed by atoms with van der Waals surface area (Å²) < 4.78 is 0. The summed E-state index contributed by atoms with van der Waals surface area (Å²) in [5, 5.41) is 18.2. The third-order valence-electron chi connectivity index (χ3n) is 1.98. The molecule has 0 radical (unpaired) electrons. The van der Waals surface area contributed by atoms with Crippen LogP contribution in [-0.4, -0.2) is 5.11 Å². The zero-order chi connectivity index (χ0) is 10.6. The molecule has 0 aliphatic carbocycles. The number of rotatable bonds is 3. The zero-order valence-electron chi connectivity index (χ0n) is 7.77. The van der Waals surface area contributed by atoms with Crippen LogP contribution in [0.15, 0.2) is 30.9 Å². The Morgan fingerprint density at radius 3 is 2.93 bits per heavy atom. The Kier molecular flexibility index (Phi) is 3.27. The maximum absolute atomic E-state index is 9.50. The summed E-state index contributed by atoms with van der Waals surface area (Å²) in [6.45, 7) is 3.57. The Hall–Kier alpha value is -1.79. The van der Waals surface area contributed by atoms with Crippen molar-refractivity contribution in [1.29, 1.82) is 5.26 Å². The second-order valence-electron chi connectivity index (χ2n) is 3.02. The second kappa shape index (κ2) is 4.45. The van der Waals surface area contributed by atoms with Crippen molar-refractivity contribution in [2.24, 2.45) is 5.73 Å². The van der Waals surface area contributed by atoms with Crippen molar-refractivity contribution in [3.05, 3.63) is 42.0 Å². The van der Waals surface area contributed by atoms with Gasteiger partial charge in [0.1, 0.15) is 5.75 Å². The van der Waals surface area contributed by atoms with Crippen LogP contribution < -0.4 is 5.73 Å². The van der Waals surface area contributed by atoms with Crippen molar-refractivity contribution >= 4 is 0 Å². The van der Waals surface area contributed by atoms with Crippen LogP contribution in [0.3, 0.4) is 0 Å². The molecule has 0 aromatic heterocycles. The minimum absolute atomic E-state index is 0.123. The second-order valence-corrected chi connectivity index (χ2v) is 3.02. The van der Waals surface area contributed by atoms with E-state index in [1.165, 1.54) is 6.07 Å². The lowest BCUT2D eigenvalue weighted by Crippen LogP contribution is -2.09. The molecule has 14 heavy (non-hydrogen) atoms. The zero-order valence-corrected chi connectivity index (χ0v) is 7.77. The molecule has 0 fully saturated rings. The van der Waals surface area contributed by atoms with Crippen LogP contribution in [-0.2, 0) is 0 Å². The molecule has 72 valence electrons. The van der Waals surface area contributed by atoms with Crippen LogP contribution >= 0.6 is 0 Å². The van der Waals surface area contributed by atoms with Crippen molar-refractivity contribution in [2.45, 2.75) is 12.5 Å². The van der Waals surface area contributed by atoms with Crippen LogP contribution in [0.2, 0.25) is 0 Å². The van der Waals surface area contributed by atoms with Crippen LogP contribution in [0.25, 0.3) is 0 Å². The van der Waals surface area contributed by atoms with Gasteiger partial charge in [0.15, 0.2) is 0 Å². The van der Waals surface area contributed by atoms with Gasteiger partial charge in [-0.25, -0.2) is 0 Å². The molecule has 0 aliphatic rings. The topological polar surface area (TPSA) is 70.0 Å². The first-order valence-electron chi connectivity index (χ1n) is 4.28. The highest BCUT2D eigenvalue weighted by Gasteiger charge is 2.09. The number of phenolic OH excluding ortho intramolecular Hbond substituents is 1. The maximum Gasteiger partial charge on any atom is 0.120 e. The standard InChI is InChI=1S/C11H12N2O/c1-2-3-10(13)9-6-8(7-12)4-5-11(9)14/h2,4-6,10,14H,1,3,13H2/t10-/m1/s1. The minimum Gasteiger partial charge on any atom is -0.508 e. The Bertz CT molecular complexity index is 379. The van der Waals surface area contributed by atoms with Crippen molar-refractivity contribution in [1.82, 2.24) is 0 Å². The Balaban J connectivity index is 3.06. The number of hydrogen-bond acceptors (Lipinski definition) is 3. The van der Waals surface area contributed by atoms with Gasteiger partial charge in [0.25, 0.3) is 0 Å². The summed E-state index contributed by atoms with van der Waals surface area (Å²) in [6, 6.07) is 6.33. The van der Waals surface area contributed by atoms with Gasteiger partial charge in [0.05, 0.1) is 11.6 Å². The number of phenols is 1. The fraction of sp³-hybridized carbons (Fsp3) is 0.182. The van der Waals surface area contributed by atoms with Gasteiger partial charge in [-0.05, 0) is 24.6 Å². The lowest BCUT2D eigenvalue weighted by atomic mass is 10.0. The first-order chi connectivity index (χ1) is 6.69. The molecule has 0 heterocycles. The molecule has 0 saturated heterocycles. The molecule has 0 saturated carbocycles. The number of benzene rings is 1. The lowest BCUT2D eigenvalue weighted by molar-refractivity contribution is 0.461. The summed E-state index contributed by atoms with van der Waals surface area (Å²) in [5.74, 6) is 0.123. The van der Waals surface area contributed by atoms with E-state index >= 15 is 0 Å². The van der Waals surface area contributed by atoms with E-state index in [2.05, 4.69) is 6.58 Å². The summed E-state index contributed by atoms with van der Waals surface area (Å²) in [6.07, 6.45) is 2.26. The maximum atomic E-state index is 9.50. The van der Waals surface area contributed by atoms with Gasteiger partial charge in [-0.3, -0.25) is 0 Å². The quantitative estimate of drug-likeness (QED) is 0.711. The summed E-state index contributed by atoms with van der Waals surface area (Å²) in [5.41, 5.74) is 6.87. The highest BCUT2D eigenvalue weighted by molar-refractivity contribution is 5.42. The van der Waals surface area contributed by atoms with Gasteiger partial charge >= 0.3 is 0 Å². The Labute approximate surface area is 83.1 Å². The molecule has 3 N–H and O–H groups in total. The van der Waals surface area contributed by atoms with Crippen LogP contribution in [0.1, 0.15) is 23.6 Å². The fourth-order valence-electron chi connectivity index (χ4n) is 1.23. The highest BCUT2D eigenvalue weighted by Crippen LogP contribution is 2.25. The van der Waals surface area contributed by atoms with Crippen LogP contribution in [0.5, 0.6) is 5.75 Å².